The third-order valence-electron chi connectivity index (χ3n) is 4.32. The third-order valence-corrected chi connectivity index (χ3v) is 4.32. The largest absolute Gasteiger partial charge is 0.469 e. The smallest absolute Gasteiger partial charge is 0.418 e. The normalized spacial score (nSPS) is 13.1. The predicted molar refractivity (Wildman–Crippen MR) is 104 cm³/mol. The van der Waals surface area contributed by atoms with Gasteiger partial charge < -0.3 is 14.6 Å². The van der Waals surface area contributed by atoms with Gasteiger partial charge in [-0.1, -0.05) is 53.6 Å². The molecule has 0 aliphatic rings. The molecule has 29 heavy (non-hydrogen) atoms. The molecule has 9 nitrogen and oxygen atoms in total. The van der Waals surface area contributed by atoms with Crippen LogP contribution in [0.1, 0.15) is 18.6 Å². The number of fused-ring (bicyclic) bond motifs is 1. The second-order valence-corrected chi connectivity index (χ2v) is 6.06. The Morgan fingerprint density at radius 2 is 2.03 bits per heavy atom. The Morgan fingerprint density at radius 3 is 2.72 bits per heavy atom. The second kappa shape index (κ2) is 8.92. The first-order chi connectivity index (χ1) is 14.5. The number of esters is 1. The summed E-state index contributed by atoms with van der Waals surface area (Å²) in [7, 11) is 1.10. The highest BCUT2D eigenvalue weighted by Crippen LogP contribution is 2.30. The first-order valence-corrected chi connectivity index (χ1v) is 8.59. The number of aliphatic hydroxyl groups excluding tert-OH is 1. The Kier molecular flexibility index (Phi) is 5.70. The number of hydrogen-bond donors (Lipinski definition) is 1. The molecule has 0 bridgehead atoms. The van der Waals surface area contributed by atoms with Gasteiger partial charge in [-0.15, -0.1) is 0 Å². The molecule has 0 spiro atoms. The SMILES string of the molecule is [2H]c1ccc2c(c1)c([C@H](O)[C@H](N=[N+]=[N-])C(=O)OC)cn2C(=O)OCc1ccccc1. The number of ether oxygens (including phenoxy) is 2. The Morgan fingerprint density at radius 1 is 1.28 bits per heavy atom. The fraction of sp³-hybridized carbons (Fsp3) is 0.200. The lowest BCUT2D eigenvalue weighted by atomic mass is 10.0. The molecule has 0 fully saturated rings. The number of hydrogen-bond acceptors (Lipinski definition) is 6. The molecule has 3 aromatic rings. The van der Waals surface area contributed by atoms with Crippen molar-refractivity contribution in [3.05, 3.63) is 82.3 Å². The van der Waals surface area contributed by atoms with E-state index in [0.717, 1.165) is 12.7 Å². The van der Waals surface area contributed by atoms with Crippen LogP contribution in [0.4, 0.5) is 4.79 Å². The van der Waals surface area contributed by atoms with Crippen molar-refractivity contribution in [3.63, 3.8) is 0 Å². The summed E-state index contributed by atoms with van der Waals surface area (Å²) in [5.74, 6) is -0.935. The lowest BCUT2D eigenvalue weighted by molar-refractivity contribution is -0.144. The lowest BCUT2D eigenvalue weighted by Crippen LogP contribution is -2.27. The summed E-state index contributed by atoms with van der Waals surface area (Å²) < 4.78 is 19.0. The number of para-hydroxylation sites is 1. The van der Waals surface area contributed by atoms with Crippen LogP contribution in [0.3, 0.4) is 0 Å². The fourth-order valence-corrected chi connectivity index (χ4v) is 2.90. The summed E-state index contributed by atoms with van der Waals surface area (Å²) in [5.41, 5.74) is 10.0. The molecule has 1 heterocycles. The van der Waals surface area contributed by atoms with E-state index in [9.17, 15) is 14.7 Å². The zero-order chi connectivity index (χ0) is 21.7. The summed E-state index contributed by atoms with van der Waals surface area (Å²) in [4.78, 5) is 27.2. The molecule has 0 saturated carbocycles. The molecule has 0 aliphatic heterocycles. The number of methoxy groups -OCH3 is 1. The minimum Gasteiger partial charge on any atom is -0.469 e. The van der Waals surface area contributed by atoms with E-state index in [0.29, 0.717) is 10.9 Å². The van der Waals surface area contributed by atoms with Gasteiger partial charge in [-0.3, -0.25) is 9.36 Å². The number of nitrogens with zero attached hydrogens (tertiary/aromatic N) is 4. The van der Waals surface area contributed by atoms with Crippen molar-refractivity contribution in [2.24, 2.45) is 5.11 Å². The Hall–Kier alpha value is -3.81. The average molecular weight is 395 g/mol. The van der Waals surface area contributed by atoms with Crippen molar-refractivity contribution in [2.45, 2.75) is 18.8 Å². The van der Waals surface area contributed by atoms with Gasteiger partial charge in [0, 0.05) is 22.1 Å². The van der Waals surface area contributed by atoms with Gasteiger partial charge in [-0.2, -0.15) is 0 Å². The van der Waals surface area contributed by atoms with Crippen molar-refractivity contribution < 1.29 is 25.5 Å². The van der Waals surface area contributed by atoms with Crippen LogP contribution in [-0.2, 0) is 20.9 Å². The Balaban J connectivity index is 1.99. The molecule has 2 atom stereocenters. The zero-order valence-corrected chi connectivity index (χ0v) is 15.4. The predicted octanol–water partition coefficient (Wildman–Crippen LogP) is 3.71. The molecule has 1 aromatic heterocycles. The van der Waals surface area contributed by atoms with Crippen LogP contribution in [0.25, 0.3) is 21.3 Å². The van der Waals surface area contributed by atoms with Gasteiger partial charge in [0.25, 0.3) is 0 Å². The molecule has 3 rings (SSSR count). The average Bonchev–Trinajstić information content (AvgIpc) is 3.14. The monoisotopic (exact) mass is 395 g/mol. The number of azide groups is 1. The van der Waals surface area contributed by atoms with Crippen LogP contribution < -0.4 is 0 Å². The molecule has 0 radical (unpaired) electrons. The summed E-state index contributed by atoms with van der Waals surface area (Å²) >= 11 is 0. The van der Waals surface area contributed by atoms with Gasteiger partial charge in [0.05, 0.1) is 14.0 Å². The highest BCUT2D eigenvalue weighted by molar-refractivity contribution is 5.92. The van der Waals surface area contributed by atoms with Gasteiger partial charge in [0.2, 0.25) is 0 Å². The number of carbonyl (C=O) groups is 2. The first kappa shape index (κ1) is 18.5. The molecule has 0 amide bonds. The number of aliphatic hydroxyl groups is 1. The summed E-state index contributed by atoms with van der Waals surface area (Å²) in [6, 6.07) is 12.1. The third kappa shape index (κ3) is 4.21. The minimum atomic E-state index is -1.60. The van der Waals surface area contributed by atoms with Gasteiger partial charge >= 0.3 is 12.1 Å². The maximum atomic E-state index is 12.7. The maximum Gasteiger partial charge on any atom is 0.418 e. The molecular formula is C20H18N4O5. The summed E-state index contributed by atoms with van der Waals surface area (Å²) in [6.07, 6.45) is -1.01. The van der Waals surface area contributed by atoms with Crippen molar-refractivity contribution in [3.8, 4) is 0 Å². The molecule has 2 aromatic carbocycles. The standard InChI is InChI=1S/C20H18N4O5/c1-28-19(26)17(22-23-21)18(25)15-11-24(16-10-6-5-9-14(15)16)20(27)29-12-13-7-3-2-4-8-13/h2-11,17-18,25H,12H2,1H3/t17-,18-/m0/s1/i5D. The van der Waals surface area contributed by atoms with Crippen LogP contribution in [0, 0.1) is 0 Å². The summed E-state index contributed by atoms with van der Waals surface area (Å²) in [5, 5.41) is 14.4. The van der Waals surface area contributed by atoms with Crippen LogP contribution >= 0.6 is 0 Å². The molecule has 0 saturated heterocycles. The van der Waals surface area contributed by atoms with Crippen LogP contribution in [0.5, 0.6) is 0 Å². The van der Waals surface area contributed by atoms with Crippen molar-refractivity contribution in [1.82, 2.24) is 4.57 Å². The molecule has 0 aliphatic carbocycles. The van der Waals surface area contributed by atoms with E-state index < -0.39 is 24.2 Å². The van der Waals surface area contributed by atoms with Crippen molar-refractivity contribution in [1.29, 1.82) is 0 Å². The quantitative estimate of drug-likeness (QED) is 0.295. The van der Waals surface area contributed by atoms with Crippen LogP contribution in [-0.4, -0.2) is 34.9 Å². The summed E-state index contributed by atoms with van der Waals surface area (Å²) in [6.45, 7) is 0.0390. The topological polar surface area (TPSA) is 127 Å². The molecule has 1 N–H and O–H groups in total. The van der Waals surface area contributed by atoms with E-state index in [1.165, 1.54) is 29.0 Å². The van der Waals surface area contributed by atoms with E-state index >= 15 is 0 Å². The van der Waals surface area contributed by atoms with Crippen molar-refractivity contribution >= 4 is 23.0 Å². The van der Waals surface area contributed by atoms with E-state index in [1.807, 2.05) is 30.3 Å². The number of carbonyl (C=O) groups excluding carboxylic acids is 2. The van der Waals surface area contributed by atoms with Gasteiger partial charge in [-0.05, 0) is 17.2 Å². The zero-order valence-electron chi connectivity index (χ0n) is 16.4. The molecule has 9 heteroatoms. The number of aromatic nitrogens is 1. The maximum absolute atomic E-state index is 12.7. The van der Waals surface area contributed by atoms with E-state index in [2.05, 4.69) is 14.8 Å². The van der Waals surface area contributed by atoms with E-state index in [1.54, 1.807) is 0 Å². The Labute approximate surface area is 167 Å². The fourth-order valence-electron chi connectivity index (χ4n) is 2.90. The molecule has 148 valence electrons. The molecule has 0 unspecified atom stereocenters. The lowest BCUT2D eigenvalue weighted by Gasteiger charge is -2.15. The van der Waals surface area contributed by atoms with Gasteiger partial charge in [-0.25, -0.2) is 4.79 Å². The number of benzene rings is 2. The number of rotatable bonds is 6. The van der Waals surface area contributed by atoms with Crippen molar-refractivity contribution in [2.75, 3.05) is 7.11 Å². The Bertz CT molecular complexity index is 1120. The van der Waals surface area contributed by atoms with Gasteiger partial charge in [0.15, 0.2) is 6.04 Å². The second-order valence-electron chi connectivity index (χ2n) is 6.06. The minimum absolute atomic E-state index is 0.0390. The first-order valence-electron chi connectivity index (χ1n) is 9.09. The highest BCUT2D eigenvalue weighted by Gasteiger charge is 2.31. The van der Waals surface area contributed by atoms with Gasteiger partial charge in [0.1, 0.15) is 12.7 Å². The van der Waals surface area contributed by atoms with Crippen LogP contribution in [0.2, 0.25) is 0 Å². The highest BCUT2D eigenvalue weighted by atomic mass is 16.5. The van der Waals surface area contributed by atoms with E-state index in [4.69, 9.17) is 11.6 Å². The van der Waals surface area contributed by atoms with Crippen LogP contribution in [0.15, 0.2) is 65.9 Å². The molecular weight excluding hydrogens is 376 g/mol. The van der Waals surface area contributed by atoms with E-state index in [-0.39, 0.29) is 18.2 Å².